The third kappa shape index (κ3) is 2.69. The van der Waals surface area contributed by atoms with E-state index in [1.54, 1.807) is 12.4 Å². The molecule has 2 heterocycles. The summed E-state index contributed by atoms with van der Waals surface area (Å²) in [6.45, 7) is 0. The zero-order valence-corrected chi connectivity index (χ0v) is 12.2. The van der Waals surface area contributed by atoms with Gasteiger partial charge in [-0.25, -0.2) is 0 Å². The molecule has 0 fully saturated rings. The molecule has 23 heavy (non-hydrogen) atoms. The Morgan fingerprint density at radius 3 is 1.61 bits per heavy atom. The Balaban J connectivity index is 1.55. The molecule has 0 saturated carbocycles. The van der Waals surface area contributed by atoms with Crippen molar-refractivity contribution >= 4 is 29.5 Å². The van der Waals surface area contributed by atoms with Crippen LogP contribution in [-0.4, -0.2) is 17.7 Å². The molecule has 0 spiro atoms. The second-order valence-electron chi connectivity index (χ2n) is 4.98. The van der Waals surface area contributed by atoms with E-state index in [2.05, 4.69) is 9.97 Å². The molecule has 0 aliphatic carbocycles. The lowest BCUT2D eigenvalue weighted by Gasteiger charge is -2.10. The van der Waals surface area contributed by atoms with Gasteiger partial charge in [0.25, 0.3) is 0 Å². The van der Waals surface area contributed by atoms with Crippen molar-refractivity contribution in [2.75, 3.05) is 0 Å². The van der Waals surface area contributed by atoms with Crippen LogP contribution >= 0.6 is 0 Å². The number of rotatable bonds is 4. The minimum absolute atomic E-state index is 0.703. The predicted octanol–water partition coefficient (Wildman–Crippen LogP) is 3.78. The van der Waals surface area contributed by atoms with Crippen LogP contribution in [0.15, 0.2) is 73.1 Å². The second kappa shape index (κ2) is 5.97. The second-order valence-corrected chi connectivity index (χ2v) is 4.98. The van der Waals surface area contributed by atoms with E-state index >= 15 is 0 Å². The number of hydrogen-bond acceptors (Lipinski definition) is 4. The van der Waals surface area contributed by atoms with Crippen molar-refractivity contribution in [2.45, 2.75) is 0 Å². The number of pyridine rings is 2. The molecular weight excluding hydrogens is 287 g/mol. The lowest BCUT2D eigenvalue weighted by molar-refractivity contribution is 0.464. The van der Waals surface area contributed by atoms with Crippen LogP contribution in [0.5, 0.6) is 11.5 Å². The Hall–Kier alpha value is -3.08. The van der Waals surface area contributed by atoms with E-state index in [4.69, 9.17) is 9.31 Å². The van der Waals surface area contributed by atoms with Gasteiger partial charge in [-0.3, -0.25) is 9.97 Å². The Morgan fingerprint density at radius 2 is 1.09 bits per heavy atom. The molecule has 2 aromatic carbocycles. The molecule has 0 aliphatic heterocycles. The zero-order chi connectivity index (χ0) is 15.5. The first-order chi connectivity index (χ1) is 11.4. The summed E-state index contributed by atoms with van der Waals surface area (Å²) in [7, 11) is 1.34. The van der Waals surface area contributed by atoms with Crippen LogP contribution in [0.4, 0.5) is 0 Å². The van der Waals surface area contributed by atoms with Crippen molar-refractivity contribution in [3.63, 3.8) is 0 Å². The van der Waals surface area contributed by atoms with E-state index in [0.29, 0.717) is 11.5 Å². The van der Waals surface area contributed by atoms with Gasteiger partial charge >= 0.3 is 7.69 Å². The highest BCUT2D eigenvalue weighted by atomic mass is 16.6. The lowest BCUT2D eigenvalue weighted by Crippen LogP contribution is -2.11. The van der Waals surface area contributed by atoms with Crippen LogP contribution in [0.25, 0.3) is 21.8 Å². The minimum atomic E-state index is 0.703. The number of benzene rings is 2. The van der Waals surface area contributed by atoms with Gasteiger partial charge in [-0.05, 0) is 36.4 Å². The maximum atomic E-state index is 5.66. The smallest absolute Gasteiger partial charge is 0.526 e. The van der Waals surface area contributed by atoms with E-state index in [-0.39, 0.29) is 0 Å². The standard InChI is InChI=1S/C18H12BN2O2/c1-3-7-15-13(5-1)17(9-11-20-15)22-19-23-18-10-12-21-16-8-4-2-6-14(16)18/h1-12H. The monoisotopic (exact) mass is 299 g/mol. The molecule has 0 amide bonds. The van der Waals surface area contributed by atoms with Gasteiger partial charge in [0, 0.05) is 23.2 Å². The molecule has 0 atom stereocenters. The normalized spacial score (nSPS) is 10.6. The summed E-state index contributed by atoms with van der Waals surface area (Å²) < 4.78 is 11.3. The molecule has 4 nitrogen and oxygen atoms in total. The Bertz CT molecular complexity index is 885. The van der Waals surface area contributed by atoms with Crippen LogP contribution in [0.3, 0.4) is 0 Å². The minimum Gasteiger partial charge on any atom is -0.526 e. The molecule has 0 N–H and O–H groups in total. The summed E-state index contributed by atoms with van der Waals surface area (Å²) in [6, 6.07) is 19.2. The Morgan fingerprint density at radius 1 is 0.609 bits per heavy atom. The number of fused-ring (bicyclic) bond motifs is 2. The number of hydrogen-bond donors (Lipinski definition) is 0. The van der Waals surface area contributed by atoms with E-state index in [9.17, 15) is 0 Å². The molecule has 1 radical (unpaired) electrons. The van der Waals surface area contributed by atoms with Crippen molar-refractivity contribution in [3.8, 4) is 11.5 Å². The maximum absolute atomic E-state index is 5.66. The van der Waals surface area contributed by atoms with Gasteiger partial charge in [-0.1, -0.05) is 24.3 Å². The quantitative estimate of drug-likeness (QED) is 0.538. The average Bonchev–Trinajstić information content (AvgIpc) is 2.62. The lowest BCUT2D eigenvalue weighted by atomic mass is 10.2. The van der Waals surface area contributed by atoms with Crippen LogP contribution in [0.2, 0.25) is 0 Å². The third-order valence-corrected chi connectivity index (χ3v) is 3.57. The maximum Gasteiger partial charge on any atom is 0.658 e. The first-order valence-corrected chi connectivity index (χ1v) is 7.24. The predicted molar refractivity (Wildman–Crippen MR) is 90.5 cm³/mol. The van der Waals surface area contributed by atoms with Crippen molar-refractivity contribution in [1.29, 1.82) is 0 Å². The fourth-order valence-corrected chi connectivity index (χ4v) is 2.47. The van der Waals surface area contributed by atoms with Crippen molar-refractivity contribution in [3.05, 3.63) is 73.1 Å². The molecule has 109 valence electrons. The molecule has 4 rings (SSSR count). The summed E-state index contributed by atoms with van der Waals surface area (Å²) in [5.74, 6) is 1.41. The van der Waals surface area contributed by atoms with Gasteiger partial charge in [-0.2, -0.15) is 0 Å². The van der Waals surface area contributed by atoms with Crippen LogP contribution in [0.1, 0.15) is 0 Å². The highest BCUT2D eigenvalue weighted by Crippen LogP contribution is 2.25. The summed E-state index contributed by atoms with van der Waals surface area (Å²) in [5.41, 5.74) is 1.76. The van der Waals surface area contributed by atoms with E-state index in [1.807, 2.05) is 60.7 Å². The SMILES string of the molecule is [B](Oc1ccnc2ccccc12)Oc1ccnc2ccccc12. The summed E-state index contributed by atoms with van der Waals surface area (Å²) in [4.78, 5) is 8.61. The number of aromatic nitrogens is 2. The van der Waals surface area contributed by atoms with Crippen molar-refractivity contribution in [2.24, 2.45) is 0 Å². The van der Waals surface area contributed by atoms with Gasteiger partial charge in [0.15, 0.2) is 0 Å². The van der Waals surface area contributed by atoms with Crippen molar-refractivity contribution < 1.29 is 9.31 Å². The van der Waals surface area contributed by atoms with E-state index in [0.717, 1.165) is 21.8 Å². The molecule has 5 heteroatoms. The highest BCUT2D eigenvalue weighted by molar-refractivity contribution is 6.22. The van der Waals surface area contributed by atoms with Gasteiger partial charge in [0.1, 0.15) is 11.5 Å². The fraction of sp³-hybridized carbons (Fsp3) is 0. The van der Waals surface area contributed by atoms with Crippen molar-refractivity contribution in [1.82, 2.24) is 9.97 Å². The summed E-state index contributed by atoms with van der Waals surface area (Å²) >= 11 is 0. The van der Waals surface area contributed by atoms with Crippen LogP contribution in [-0.2, 0) is 0 Å². The number of nitrogens with zero attached hydrogens (tertiary/aromatic N) is 2. The molecule has 4 aromatic rings. The summed E-state index contributed by atoms with van der Waals surface area (Å²) in [5, 5.41) is 1.88. The summed E-state index contributed by atoms with van der Waals surface area (Å²) in [6.07, 6.45) is 3.43. The zero-order valence-electron chi connectivity index (χ0n) is 12.2. The molecule has 0 bridgehead atoms. The fourth-order valence-electron chi connectivity index (χ4n) is 2.47. The topological polar surface area (TPSA) is 44.2 Å². The van der Waals surface area contributed by atoms with Crippen LogP contribution < -0.4 is 9.31 Å². The average molecular weight is 299 g/mol. The van der Waals surface area contributed by atoms with Gasteiger partial charge in [0.2, 0.25) is 0 Å². The highest BCUT2D eigenvalue weighted by Gasteiger charge is 2.08. The van der Waals surface area contributed by atoms with E-state index < -0.39 is 0 Å². The Kier molecular flexibility index (Phi) is 3.52. The van der Waals surface area contributed by atoms with E-state index in [1.165, 1.54) is 7.69 Å². The third-order valence-electron chi connectivity index (χ3n) is 3.57. The first kappa shape index (κ1) is 13.6. The number of para-hydroxylation sites is 2. The molecule has 0 unspecified atom stereocenters. The molecule has 0 aliphatic rings. The molecular formula is C18H12BN2O2. The van der Waals surface area contributed by atoms with Gasteiger partial charge in [-0.15, -0.1) is 0 Å². The Labute approximate surface area is 134 Å². The molecule has 0 saturated heterocycles. The first-order valence-electron chi connectivity index (χ1n) is 7.24. The van der Waals surface area contributed by atoms with Crippen LogP contribution in [0, 0.1) is 0 Å². The van der Waals surface area contributed by atoms with Gasteiger partial charge in [0.05, 0.1) is 11.0 Å². The van der Waals surface area contributed by atoms with Gasteiger partial charge < -0.3 is 9.31 Å². The molecule has 2 aromatic heterocycles. The largest absolute Gasteiger partial charge is 0.658 e.